The van der Waals surface area contributed by atoms with E-state index >= 15 is 0 Å². The molecule has 2 aromatic carbocycles. The van der Waals surface area contributed by atoms with Gasteiger partial charge in [0.15, 0.2) is 5.82 Å². The van der Waals surface area contributed by atoms with Crippen molar-refractivity contribution in [1.82, 2.24) is 19.1 Å². The summed E-state index contributed by atoms with van der Waals surface area (Å²) in [5.74, 6) is -0.388. The molecule has 0 spiro atoms. The van der Waals surface area contributed by atoms with Gasteiger partial charge >= 0.3 is 11.8 Å². The number of fused-ring (bicyclic) bond motifs is 4. The highest BCUT2D eigenvalue weighted by molar-refractivity contribution is 9.10. The molecule has 0 unspecified atom stereocenters. The monoisotopic (exact) mass is 480 g/mol. The zero-order valence-electron chi connectivity index (χ0n) is 16.2. The van der Waals surface area contributed by atoms with Crippen molar-refractivity contribution < 1.29 is 14.3 Å². The first-order valence-corrected chi connectivity index (χ1v) is 10.3. The van der Waals surface area contributed by atoms with Crippen LogP contribution in [0.2, 0.25) is 0 Å². The van der Waals surface area contributed by atoms with Crippen molar-refractivity contribution in [3.8, 4) is 17.1 Å². The molecule has 0 aliphatic carbocycles. The molecule has 2 amide bonds. The van der Waals surface area contributed by atoms with Crippen LogP contribution in [0.1, 0.15) is 5.69 Å². The highest BCUT2D eigenvalue weighted by Gasteiger charge is 2.26. The van der Waals surface area contributed by atoms with Crippen LogP contribution >= 0.6 is 15.9 Å². The van der Waals surface area contributed by atoms with Gasteiger partial charge in [-0.3, -0.25) is 9.59 Å². The van der Waals surface area contributed by atoms with E-state index in [2.05, 4.69) is 31.2 Å². The SMILES string of the molecule is NC(=O)C(=O)Nc1nc2n(c1Cn1cnc3ccccc31)CCOc1ccc(Br)cc1-2. The van der Waals surface area contributed by atoms with Gasteiger partial charge in [0.1, 0.15) is 18.2 Å². The second-order valence-corrected chi connectivity index (χ2v) is 7.97. The number of benzene rings is 2. The fraction of sp³-hybridized carbons (Fsp3) is 0.143. The van der Waals surface area contributed by atoms with Gasteiger partial charge in [-0.25, -0.2) is 9.97 Å². The van der Waals surface area contributed by atoms with Gasteiger partial charge in [0.2, 0.25) is 0 Å². The number of nitrogens with two attached hydrogens (primary N) is 1. The summed E-state index contributed by atoms with van der Waals surface area (Å²) in [6, 6.07) is 13.4. The van der Waals surface area contributed by atoms with Gasteiger partial charge in [0.05, 0.1) is 41.7 Å². The summed E-state index contributed by atoms with van der Waals surface area (Å²) in [4.78, 5) is 32.6. The number of carbonyl (C=O) groups excluding carboxylic acids is 2. The number of hydrogen-bond acceptors (Lipinski definition) is 5. The van der Waals surface area contributed by atoms with E-state index in [0.717, 1.165) is 21.1 Å². The van der Waals surface area contributed by atoms with Gasteiger partial charge in [0, 0.05) is 4.47 Å². The number of carbonyl (C=O) groups is 2. The third-order valence-corrected chi connectivity index (χ3v) is 5.62. The fourth-order valence-electron chi connectivity index (χ4n) is 3.71. The Bertz CT molecular complexity index is 1340. The van der Waals surface area contributed by atoms with E-state index in [4.69, 9.17) is 10.5 Å². The number of hydrogen-bond donors (Lipinski definition) is 2. The Morgan fingerprint density at radius 1 is 1.23 bits per heavy atom. The van der Waals surface area contributed by atoms with E-state index in [1.54, 1.807) is 6.33 Å². The van der Waals surface area contributed by atoms with Crippen molar-refractivity contribution in [1.29, 1.82) is 0 Å². The average Bonchev–Trinajstić information content (AvgIpc) is 3.26. The molecule has 156 valence electrons. The lowest BCUT2D eigenvalue weighted by molar-refractivity contribution is -0.134. The number of para-hydroxylation sites is 2. The molecule has 0 saturated carbocycles. The topological polar surface area (TPSA) is 117 Å². The first kappa shape index (κ1) is 19.3. The number of amides is 2. The number of anilines is 1. The van der Waals surface area contributed by atoms with Crippen LogP contribution in [0.15, 0.2) is 53.3 Å². The van der Waals surface area contributed by atoms with Crippen molar-refractivity contribution in [2.24, 2.45) is 5.73 Å². The molecule has 0 atom stereocenters. The van der Waals surface area contributed by atoms with Gasteiger partial charge in [-0.15, -0.1) is 0 Å². The summed E-state index contributed by atoms with van der Waals surface area (Å²) in [6.07, 6.45) is 1.74. The van der Waals surface area contributed by atoms with E-state index in [1.165, 1.54) is 0 Å². The van der Waals surface area contributed by atoms with Gasteiger partial charge in [0.25, 0.3) is 0 Å². The number of nitrogens with one attached hydrogen (secondary N) is 1. The van der Waals surface area contributed by atoms with E-state index in [-0.39, 0.29) is 5.82 Å². The van der Waals surface area contributed by atoms with E-state index in [1.807, 2.05) is 51.6 Å². The minimum Gasteiger partial charge on any atom is -0.491 e. The second-order valence-electron chi connectivity index (χ2n) is 7.05. The Balaban J connectivity index is 1.67. The molecular formula is C21H17BrN6O3. The van der Waals surface area contributed by atoms with Gasteiger partial charge in [-0.1, -0.05) is 28.1 Å². The smallest absolute Gasteiger partial charge is 0.314 e. The maximum absolute atomic E-state index is 12.1. The first-order chi connectivity index (χ1) is 15.0. The molecule has 5 rings (SSSR count). The van der Waals surface area contributed by atoms with Gasteiger partial charge in [-0.05, 0) is 30.3 Å². The van der Waals surface area contributed by atoms with Crippen molar-refractivity contribution >= 4 is 44.6 Å². The van der Waals surface area contributed by atoms with Crippen molar-refractivity contribution in [2.45, 2.75) is 13.1 Å². The molecule has 31 heavy (non-hydrogen) atoms. The summed E-state index contributed by atoms with van der Waals surface area (Å²) in [6.45, 7) is 1.33. The van der Waals surface area contributed by atoms with Crippen LogP contribution in [0.25, 0.3) is 22.4 Å². The number of halogens is 1. The molecule has 0 saturated heterocycles. The Morgan fingerprint density at radius 2 is 2.06 bits per heavy atom. The maximum atomic E-state index is 12.1. The third kappa shape index (κ3) is 3.44. The molecular weight excluding hydrogens is 464 g/mol. The molecule has 0 bridgehead atoms. The molecule has 1 aliphatic rings. The van der Waals surface area contributed by atoms with Crippen LogP contribution in [-0.2, 0) is 22.7 Å². The number of ether oxygens (including phenoxy) is 1. The minimum absolute atomic E-state index is 0.282. The summed E-state index contributed by atoms with van der Waals surface area (Å²) < 4.78 is 10.7. The highest BCUT2D eigenvalue weighted by atomic mass is 79.9. The fourth-order valence-corrected chi connectivity index (χ4v) is 4.07. The summed E-state index contributed by atoms with van der Waals surface area (Å²) in [5.41, 5.74) is 8.46. The van der Waals surface area contributed by atoms with Crippen molar-refractivity contribution in [2.75, 3.05) is 11.9 Å². The standard InChI is InChI=1S/C21H17BrN6O3/c22-12-5-6-17-13(9-12)20-25-19(26-21(30)18(23)29)16(28(20)7-8-31-17)10-27-11-24-14-3-1-2-4-15(14)27/h1-6,9,11H,7-8,10H2,(H2,23,29)(H,26,30). The molecule has 3 N–H and O–H groups in total. The van der Waals surface area contributed by atoms with Gasteiger partial charge in [-0.2, -0.15) is 0 Å². The molecule has 10 heteroatoms. The summed E-state index contributed by atoms with van der Waals surface area (Å²) >= 11 is 3.49. The second kappa shape index (κ2) is 7.55. The van der Waals surface area contributed by atoms with Crippen molar-refractivity contribution in [3.63, 3.8) is 0 Å². The lowest BCUT2D eigenvalue weighted by atomic mass is 10.2. The average molecular weight is 481 g/mol. The molecule has 0 radical (unpaired) electrons. The van der Waals surface area contributed by atoms with Crippen LogP contribution in [0.3, 0.4) is 0 Å². The lowest BCUT2D eigenvalue weighted by Gasteiger charge is -2.11. The summed E-state index contributed by atoms with van der Waals surface area (Å²) in [7, 11) is 0. The molecule has 4 aromatic rings. The number of aromatic nitrogens is 4. The maximum Gasteiger partial charge on any atom is 0.314 e. The Hall–Kier alpha value is -3.66. The molecule has 1 aliphatic heterocycles. The molecule has 0 fully saturated rings. The zero-order chi connectivity index (χ0) is 21.5. The Kier molecular flexibility index (Phi) is 4.70. The largest absolute Gasteiger partial charge is 0.491 e. The zero-order valence-corrected chi connectivity index (χ0v) is 17.8. The lowest BCUT2D eigenvalue weighted by Crippen LogP contribution is -2.30. The normalized spacial score (nSPS) is 12.5. The quantitative estimate of drug-likeness (QED) is 0.437. The van der Waals surface area contributed by atoms with E-state index < -0.39 is 11.8 Å². The van der Waals surface area contributed by atoms with Crippen LogP contribution in [-0.4, -0.2) is 37.5 Å². The predicted octanol–water partition coefficient (Wildman–Crippen LogP) is 2.53. The number of imidazole rings is 2. The number of rotatable bonds is 3. The van der Waals surface area contributed by atoms with Crippen molar-refractivity contribution in [3.05, 3.63) is 59.0 Å². The third-order valence-electron chi connectivity index (χ3n) is 5.13. The van der Waals surface area contributed by atoms with E-state index in [0.29, 0.717) is 37.0 Å². The van der Waals surface area contributed by atoms with Gasteiger partial charge < -0.3 is 24.9 Å². The molecule has 9 nitrogen and oxygen atoms in total. The van der Waals surface area contributed by atoms with Crippen LogP contribution in [0, 0.1) is 0 Å². The highest BCUT2D eigenvalue weighted by Crippen LogP contribution is 2.37. The number of primary amides is 1. The summed E-state index contributed by atoms with van der Waals surface area (Å²) in [5, 5.41) is 2.56. The van der Waals surface area contributed by atoms with E-state index in [9.17, 15) is 9.59 Å². The number of nitrogens with zero attached hydrogens (tertiary/aromatic N) is 4. The predicted molar refractivity (Wildman–Crippen MR) is 118 cm³/mol. The molecule has 2 aromatic heterocycles. The van der Waals surface area contributed by atoms with Crippen LogP contribution < -0.4 is 15.8 Å². The van der Waals surface area contributed by atoms with Crippen LogP contribution in [0.4, 0.5) is 5.82 Å². The van der Waals surface area contributed by atoms with Crippen LogP contribution in [0.5, 0.6) is 5.75 Å². The Labute approximate surface area is 185 Å². The Morgan fingerprint density at radius 3 is 2.90 bits per heavy atom. The molecule has 3 heterocycles. The minimum atomic E-state index is -1.08. The first-order valence-electron chi connectivity index (χ1n) is 9.54.